The van der Waals surface area contributed by atoms with Crippen molar-refractivity contribution in [3.05, 3.63) is 59.2 Å². The number of carbonyl (C=O) groups is 1. The minimum absolute atomic E-state index is 0.181. The second-order valence-corrected chi connectivity index (χ2v) is 5.31. The van der Waals surface area contributed by atoms with Gasteiger partial charge in [0.15, 0.2) is 11.5 Å². The first-order valence-corrected chi connectivity index (χ1v) is 7.14. The fraction of sp³-hybridized carbons (Fsp3) is 0.167. The number of fused-ring (bicyclic) bond motifs is 2. The molecular formula is C18H14O4. The quantitative estimate of drug-likeness (QED) is 0.755. The summed E-state index contributed by atoms with van der Waals surface area (Å²) in [6.07, 6.45) is 1.73. The van der Waals surface area contributed by atoms with E-state index in [1.54, 1.807) is 6.07 Å². The summed E-state index contributed by atoms with van der Waals surface area (Å²) in [6.45, 7) is 2.06. The molecule has 1 unspecified atom stereocenters. The predicted octanol–water partition coefficient (Wildman–Crippen LogP) is 3.51. The van der Waals surface area contributed by atoms with Gasteiger partial charge in [0.05, 0.1) is 5.56 Å². The molecule has 22 heavy (non-hydrogen) atoms. The summed E-state index contributed by atoms with van der Waals surface area (Å²) in [5.41, 5.74) is 3.38. The zero-order chi connectivity index (χ0) is 15.1. The van der Waals surface area contributed by atoms with E-state index in [0.29, 0.717) is 17.1 Å². The molecule has 2 heterocycles. The van der Waals surface area contributed by atoms with Gasteiger partial charge in [-0.1, -0.05) is 30.3 Å². The first-order valence-electron chi connectivity index (χ1n) is 7.14. The molecule has 4 nitrogen and oxygen atoms in total. The smallest absolute Gasteiger partial charge is 0.339 e. The van der Waals surface area contributed by atoms with Crippen LogP contribution in [0.3, 0.4) is 0 Å². The second-order valence-electron chi connectivity index (χ2n) is 5.31. The summed E-state index contributed by atoms with van der Waals surface area (Å²) in [5.74, 6) is 0.926. The summed E-state index contributed by atoms with van der Waals surface area (Å²) in [6, 6.07) is 13.5. The molecule has 4 heteroatoms. The van der Waals surface area contributed by atoms with Gasteiger partial charge in [-0.2, -0.15) is 0 Å². The third-order valence-corrected chi connectivity index (χ3v) is 3.89. The topological polar surface area (TPSA) is 44.8 Å². The number of benzene rings is 2. The fourth-order valence-corrected chi connectivity index (χ4v) is 2.78. The van der Waals surface area contributed by atoms with Gasteiger partial charge in [0, 0.05) is 5.57 Å². The number of hydrogen-bond acceptors (Lipinski definition) is 4. The summed E-state index contributed by atoms with van der Waals surface area (Å²) in [5, 5.41) is 0. The van der Waals surface area contributed by atoms with Crippen molar-refractivity contribution in [2.24, 2.45) is 0 Å². The van der Waals surface area contributed by atoms with E-state index in [1.165, 1.54) is 0 Å². The van der Waals surface area contributed by atoms with E-state index in [0.717, 1.165) is 16.7 Å². The van der Waals surface area contributed by atoms with E-state index in [9.17, 15) is 4.79 Å². The molecule has 0 amide bonds. The molecule has 2 aromatic carbocycles. The molecule has 0 radical (unpaired) electrons. The molecule has 110 valence electrons. The first kappa shape index (κ1) is 13.0. The van der Waals surface area contributed by atoms with Crippen LogP contribution in [0.5, 0.6) is 11.5 Å². The SMILES string of the molecule is CC1OC(=O)c2cc3c(cc2/C1=C/c1ccccc1)OCO3. The Bertz CT molecular complexity index is 777. The van der Waals surface area contributed by atoms with Crippen LogP contribution in [-0.2, 0) is 4.74 Å². The third-order valence-electron chi connectivity index (χ3n) is 3.89. The van der Waals surface area contributed by atoms with Gasteiger partial charge in [-0.3, -0.25) is 0 Å². The molecule has 0 aromatic heterocycles. The predicted molar refractivity (Wildman–Crippen MR) is 81.8 cm³/mol. The van der Waals surface area contributed by atoms with Crippen LogP contribution in [0.1, 0.15) is 28.4 Å². The molecule has 0 saturated carbocycles. The van der Waals surface area contributed by atoms with Gasteiger partial charge in [-0.05, 0) is 36.3 Å². The lowest BCUT2D eigenvalue weighted by Crippen LogP contribution is -2.24. The largest absolute Gasteiger partial charge is 0.454 e. The van der Waals surface area contributed by atoms with Crippen LogP contribution in [0.4, 0.5) is 0 Å². The van der Waals surface area contributed by atoms with Gasteiger partial charge in [0.1, 0.15) is 6.10 Å². The highest BCUT2D eigenvalue weighted by Crippen LogP contribution is 2.41. The van der Waals surface area contributed by atoms with Gasteiger partial charge in [-0.25, -0.2) is 4.79 Å². The zero-order valence-corrected chi connectivity index (χ0v) is 12.0. The number of hydrogen-bond donors (Lipinski definition) is 0. The van der Waals surface area contributed by atoms with Crippen LogP contribution < -0.4 is 9.47 Å². The first-order chi connectivity index (χ1) is 10.7. The van der Waals surface area contributed by atoms with Crippen molar-refractivity contribution in [3.63, 3.8) is 0 Å². The Morgan fingerprint density at radius 3 is 2.45 bits per heavy atom. The summed E-state index contributed by atoms with van der Waals surface area (Å²) >= 11 is 0. The minimum atomic E-state index is -0.328. The molecule has 0 N–H and O–H groups in total. The maximum Gasteiger partial charge on any atom is 0.339 e. The maximum absolute atomic E-state index is 12.1. The van der Waals surface area contributed by atoms with Crippen LogP contribution in [0, 0.1) is 0 Å². The highest BCUT2D eigenvalue weighted by Gasteiger charge is 2.31. The van der Waals surface area contributed by atoms with E-state index < -0.39 is 0 Å². The Morgan fingerprint density at radius 1 is 1.05 bits per heavy atom. The van der Waals surface area contributed by atoms with Gasteiger partial charge in [0.2, 0.25) is 6.79 Å². The lowest BCUT2D eigenvalue weighted by atomic mass is 9.91. The van der Waals surface area contributed by atoms with Crippen molar-refractivity contribution in [2.75, 3.05) is 6.79 Å². The molecule has 0 fully saturated rings. The lowest BCUT2D eigenvalue weighted by Gasteiger charge is -2.25. The average Bonchev–Trinajstić information content (AvgIpc) is 2.98. The summed E-state index contributed by atoms with van der Waals surface area (Å²) < 4.78 is 16.2. The molecule has 0 aliphatic carbocycles. The van der Waals surface area contributed by atoms with E-state index in [-0.39, 0.29) is 18.9 Å². The molecule has 0 bridgehead atoms. The van der Waals surface area contributed by atoms with Crippen LogP contribution in [0.2, 0.25) is 0 Å². The van der Waals surface area contributed by atoms with Crippen molar-refractivity contribution >= 4 is 17.6 Å². The van der Waals surface area contributed by atoms with Gasteiger partial charge in [-0.15, -0.1) is 0 Å². The molecule has 2 aromatic rings. The van der Waals surface area contributed by atoms with E-state index in [4.69, 9.17) is 14.2 Å². The third kappa shape index (κ3) is 2.04. The minimum Gasteiger partial charge on any atom is -0.454 e. The number of carbonyl (C=O) groups excluding carboxylic acids is 1. The van der Waals surface area contributed by atoms with Crippen LogP contribution in [0.25, 0.3) is 11.6 Å². The number of cyclic esters (lactones) is 1. The van der Waals surface area contributed by atoms with E-state index in [1.807, 2.05) is 49.4 Å². The Kier molecular flexibility index (Phi) is 2.89. The van der Waals surface area contributed by atoms with Gasteiger partial charge < -0.3 is 14.2 Å². The van der Waals surface area contributed by atoms with Crippen LogP contribution >= 0.6 is 0 Å². The number of rotatable bonds is 1. The van der Waals surface area contributed by atoms with E-state index >= 15 is 0 Å². The second kappa shape index (κ2) is 4.91. The van der Waals surface area contributed by atoms with Gasteiger partial charge in [0.25, 0.3) is 0 Å². The molecule has 2 aliphatic rings. The maximum atomic E-state index is 12.1. The molecule has 1 atom stereocenters. The molecule has 0 saturated heterocycles. The Balaban J connectivity index is 1.89. The zero-order valence-electron chi connectivity index (χ0n) is 12.0. The Labute approximate surface area is 127 Å². The molecule has 0 spiro atoms. The van der Waals surface area contributed by atoms with Crippen LogP contribution in [-0.4, -0.2) is 18.9 Å². The molecule has 2 aliphatic heterocycles. The Hall–Kier alpha value is -2.75. The Morgan fingerprint density at radius 2 is 1.73 bits per heavy atom. The van der Waals surface area contributed by atoms with Crippen molar-refractivity contribution in [1.29, 1.82) is 0 Å². The highest BCUT2D eigenvalue weighted by atomic mass is 16.7. The summed E-state index contributed by atoms with van der Waals surface area (Å²) in [7, 11) is 0. The van der Waals surface area contributed by atoms with Crippen molar-refractivity contribution < 1.29 is 19.0 Å². The highest BCUT2D eigenvalue weighted by molar-refractivity contribution is 6.03. The number of esters is 1. The lowest BCUT2D eigenvalue weighted by molar-refractivity contribution is 0.0420. The summed E-state index contributed by atoms with van der Waals surface area (Å²) in [4.78, 5) is 12.1. The van der Waals surface area contributed by atoms with E-state index in [2.05, 4.69) is 0 Å². The molecular weight excluding hydrogens is 280 g/mol. The number of ether oxygens (including phenoxy) is 3. The average molecular weight is 294 g/mol. The fourth-order valence-electron chi connectivity index (χ4n) is 2.78. The van der Waals surface area contributed by atoms with Gasteiger partial charge >= 0.3 is 5.97 Å². The normalized spacial score (nSPS) is 20.7. The van der Waals surface area contributed by atoms with Crippen LogP contribution in [0.15, 0.2) is 42.5 Å². The van der Waals surface area contributed by atoms with Crippen molar-refractivity contribution in [3.8, 4) is 11.5 Å². The standard InChI is InChI=1S/C18H14O4/c1-11-13(7-12-5-3-2-4-6-12)14-8-16-17(21-10-20-16)9-15(14)18(19)22-11/h2-9,11H,10H2,1H3/b13-7+. The van der Waals surface area contributed by atoms with Crippen molar-refractivity contribution in [1.82, 2.24) is 0 Å². The van der Waals surface area contributed by atoms with Crippen molar-refractivity contribution in [2.45, 2.75) is 13.0 Å². The monoisotopic (exact) mass is 294 g/mol. The molecule has 4 rings (SSSR count).